The summed E-state index contributed by atoms with van der Waals surface area (Å²) in [7, 11) is 5.91. The number of fused-ring (bicyclic) bond motifs is 9. The van der Waals surface area contributed by atoms with Gasteiger partial charge in [0.1, 0.15) is 35.1 Å². The second-order valence-corrected chi connectivity index (χ2v) is 12.1. The second-order valence-electron chi connectivity index (χ2n) is 12.1. The SMILES string of the molecule is BC(B)(B)N1C(=O)c2cccc(OC(F)F)c2[C@H]2C[C@@H]1c1nc3ccc(-c4cnc(N5CCNC(=O)CC5)nc4)cc3n12. The molecule has 1 saturated heterocycles. The molecule has 1 N–H and O–H groups in total. The number of carbonyl (C=O) groups is 2. The van der Waals surface area contributed by atoms with Gasteiger partial charge in [-0.15, -0.1) is 0 Å². The number of amides is 2. The number of nitrogens with one attached hydrogen (secondary N) is 1. The number of hydrogen-bond acceptors (Lipinski definition) is 7. The molecule has 7 rings (SSSR count). The summed E-state index contributed by atoms with van der Waals surface area (Å²) in [6.07, 6.45) is 4.41. The van der Waals surface area contributed by atoms with Crippen LogP contribution in [-0.2, 0) is 4.79 Å². The number of nitrogens with zero attached hydrogens (tertiary/aromatic N) is 6. The maximum Gasteiger partial charge on any atom is 0.387 e. The predicted molar refractivity (Wildman–Crippen MR) is 164 cm³/mol. The lowest BCUT2D eigenvalue weighted by atomic mass is 9.48. The Morgan fingerprint density at radius 2 is 1.81 bits per heavy atom. The highest BCUT2D eigenvalue weighted by atomic mass is 19.3. The molecule has 2 aromatic heterocycles. The Labute approximate surface area is 249 Å². The van der Waals surface area contributed by atoms with E-state index in [4.69, 9.17) is 9.72 Å². The Bertz CT molecular complexity index is 1760. The topological polar surface area (TPSA) is 105 Å². The minimum Gasteiger partial charge on any atom is -0.434 e. The van der Waals surface area contributed by atoms with Crippen molar-refractivity contribution in [2.75, 3.05) is 24.5 Å². The summed E-state index contributed by atoms with van der Waals surface area (Å²) in [6.45, 7) is -1.30. The van der Waals surface area contributed by atoms with Gasteiger partial charge in [0.05, 0.1) is 23.1 Å². The van der Waals surface area contributed by atoms with Crippen molar-refractivity contribution >= 4 is 52.3 Å². The van der Waals surface area contributed by atoms with Crippen LogP contribution in [0.4, 0.5) is 14.7 Å². The fraction of sp³-hybridized carbons (Fsp3) is 0.321. The van der Waals surface area contributed by atoms with Gasteiger partial charge in [0, 0.05) is 61.6 Å². The van der Waals surface area contributed by atoms with Crippen LogP contribution in [0.1, 0.15) is 46.7 Å². The summed E-state index contributed by atoms with van der Waals surface area (Å²) in [5.74, 6) is 1.07. The third-order valence-corrected chi connectivity index (χ3v) is 8.44. The number of anilines is 1. The molecule has 0 spiro atoms. The Morgan fingerprint density at radius 3 is 2.56 bits per heavy atom. The monoisotopic (exact) mass is 581 g/mol. The van der Waals surface area contributed by atoms with Crippen LogP contribution in [0.3, 0.4) is 0 Å². The van der Waals surface area contributed by atoms with Gasteiger partial charge in [-0.2, -0.15) is 8.78 Å². The van der Waals surface area contributed by atoms with Crippen molar-refractivity contribution in [2.45, 2.75) is 36.8 Å². The van der Waals surface area contributed by atoms with E-state index in [9.17, 15) is 18.4 Å². The van der Waals surface area contributed by atoms with E-state index in [2.05, 4.69) is 19.9 Å². The van der Waals surface area contributed by atoms with Crippen LogP contribution in [-0.4, -0.2) is 91.3 Å². The first-order chi connectivity index (χ1) is 20.6. The molecule has 4 aromatic rings. The Kier molecular flexibility index (Phi) is 6.44. The number of rotatable bonds is 5. The molecule has 10 nitrogen and oxygen atoms in total. The van der Waals surface area contributed by atoms with Crippen molar-refractivity contribution in [3.63, 3.8) is 0 Å². The lowest BCUT2D eigenvalue weighted by Gasteiger charge is -2.40. The Balaban J connectivity index is 1.33. The number of imidazole rings is 1. The smallest absolute Gasteiger partial charge is 0.387 e. The fourth-order valence-corrected chi connectivity index (χ4v) is 6.66. The van der Waals surface area contributed by atoms with Gasteiger partial charge in [-0.05, 0) is 35.1 Å². The largest absolute Gasteiger partial charge is 0.434 e. The van der Waals surface area contributed by atoms with E-state index in [0.717, 1.165) is 22.2 Å². The van der Waals surface area contributed by atoms with Crippen molar-refractivity contribution < 1.29 is 23.1 Å². The molecule has 15 heteroatoms. The van der Waals surface area contributed by atoms with Gasteiger partial charge in [0.25, 0.3) is 5.91 Å². The number of benzene rings is 2. The normalized spacial score (nSPS) is 20.1. The van der Waals surface area contributed by atoms with Crippen LogP contribution in [0.25, 0.3) is 22.2 Å². The minimum atomic E-state index is -3.03. The van der Waals surface area contributed by atoms with Crippen LogP contribution >= 0.6 is 0 Å². The number of hydrogen-bond donors (Lipinski definition) is 1. The Morgan fingerprint density at radius 1 is 1.02 bits per heavy atom. The average molecular weight is 581 g/mol. The van der Waals surface area contributed by atoms with E-state index in [1.807, 2.05) is 51.5 Å². The summed E-state index contributed by atoms with van der Waals surface area (Å²) in [6, 6.07) is 9.88. The molecule has 2 atom stereocenters. The van der Waals surface area contributed by atoms with Crippen molar-refractivity contribution in [2.24, 2.45) is 0 Å². The highest BCUT2D eigenvalue weighted by Crippen LogP contribution is 2.51. The predicted octanol–water partition coefficient (Wildman–Crippen LogP) is 0.422. The first-order valence-corrected chi connectivity index (χ1v) is 14.4. The molecule has 0 radical (unpaired) electrons. The second kappa shape index (κ2) is 10.1. The average Bonchev–Trinajstić information content (AvgIpc) is 3.36. The van der Waals surface area contributed by atoms with E-state index in [1.165, 1.54) is 6.07 Å². The van der Waals surface area contributed by atoms with E-state index in [0.29, 0.717) is 55.4 Å². The first kappa shape index (κ1) is 27.4. The summed E-state index contributed by atoms with van der Waals surface area (Å²) >= 11 is 0. The molecule has 2 amide bonds. The summed E-state index contributed by atoms with van der Waals surface area (Å²) in [4.78, 5) is 43.6. The maximum absolute atomic E-state index is 14.0. The van der Waals surface area contributed by atoms with Crippen molar-refractivity contribution in [1.29, 1.82) is 0 Å². The van der Waals surface area contributed by atoms with Crippen LogP contribution in [0, 0.1) is 0 Å². The number of halogens is 2. The molecule has 0 aliphatic carbocycles. The molecule has 2 aromatic carbocycles. The van der Waals surface area contributed by atoms with Crippen LogP contribution < -0.4 is 15.0 Å². The van der Waals surface area contributed by atoms with Gasteiger partial charge in [0.15, 0.2) is 0 Å². The molecular weight excluding hydrogens is 553 g/mol. The molecule has 3 aliphatic rings. The van der Waals surface area contributed by atoms with Crippen LogP contribution in [0.5, 0.6) is 5.75 Å². The molecule has 5 heterocycles. The van der Waals surface area contributed by atoms with Gasteiger partial charge >= 0.3 is 6.61 Å². The van der Waals surface area contributed by atoms with E-state index < -0.39 is 17.9 Å². The number of alkyl halides is 2. The van der Waals surface area contributed by atoms with Crippen molar-refractivity contribution in [3.8, 4) is 16.9 Å². The third kappa shape index (κ3) is 4.61. The zero-order valence-corrected chi connectivity index (χ0v) is 24.1. The molecule has 1 fully saturated rings. The van der Waals surface area contributed by atoms with Gasteiger partial charge in [-0.3, -0.25) is 9.59 Å². The lowest BCUT2D eigenvalue weighted by Crippen LogP contribution is -2.54. The summed E-state index contributed by atoms with van der Waals surface area (Å²) < 4.78 is 34.1. The zero-order valence-electron chi connectivity index (χ0n) is 24.1. The first-order valence-electron chi connectivity index (χ1n) is 14.4. The molecule has 3 aliphatic heterocycles. The quantitative estimate of drug-likeness (QED) is 0.341. The lowest BCUT2D eigenvalue weighted by molar-refractivity contribution is -0.120. The van der Waals surface area contributed by atoms with E-state index in [1.54, 1.807) is 24.5 Å². The Hall–Kier alpha value is -4.42. The number of ether oxygens (including phenoxy) is 1. The minimum absolute atomic E-state index is 0.000570. The molecule has 0 saturated carbocycles. The van der Waals surface area contributed by atoms with Crippen molar-refractivity contribution in [1.82, 2.24) is 29.7 Å². The molecule has 2 bridgehead atoms. The summed E-state index contributed by atoms with van der Waals surface area (Å²) in [5.41, 5.74) is 4.04. The van der Waals surface area contributed by atoms with Crippen LogP contribution in [0.15, 0.2) is 48.8 Å². The van der Waals surface area contributed by atoms with Gasteiger partial charge in [-0.1, -0.05) is 12.1 Å². The summed E-state index contributed by atoms with van der Waals surface area (Å²) in [5, 5.41) is 2.30. The number of aromatic nitrogens is 4. The van der Waals surface area contributed by atoms with Gasteiger partial charge in [-0.25, -0.2) is 15.0 Å². The molecule has 0 unspecified atom stereocenters. The molecule has 43 heavy (non-hydrogen) atoms. The zero-order chi connectivity index (χ0) is 30.0. The van der Waals surface area contributed by atoms with Gasteiger partial charge < -0.3 is 24.4 Å². The highest BCUT2D eigenvalue weighted by molar-refractivity contribution is 6.60. The molecule has 216 valence electrons. The van der Waals surface area contributed by atoms with Crippen molar-refractivity contribution in [3.05, 3.63) is 65.7 Å². The standard InChI is InChI=1S/C28H28B3F2N7O3/c29-28(30,31)40-20-11-19(23-16(25(40)42)2-1-3-21(23)43-26(32)33)39-18-10-14(4-5-17(18)37-24(20)39)15-12-35-27(36-13-15)38-8-6-22(41)34-7-9-38/h1-5,10,12-13,19-20,26H,6-9,11,29-31H2,(H,34,41)/t19-,20-/m1/s1. The van der Waals surface area contributed by atoms with Gasteiger partial charge in [0.2, 0.25) is 11.9 Å². The maximum atomic E-state index is 14.0. The molecular formula is C28H28B3F2N7O3. The number of carbonyl (C=O) groups excluding carboxylic acids is 2. The fourth-order valence-electron chi connectivity index (χ4n) is 6.66. The third-order valence-electron chi connectivity index (χ3n) is 8.44. The van der Waals surface area contributed by atoms with E-state index in [-0.39, 0.29) is 23.6 Å². The highest BCUT2D eigenvalue weighted by Gasteiger charge is 2.48. The van der Waals surface area contributed by atoms with E-state index >= 15 is 0 Å². The van der Waals surface area contributed by atoms with Crippen LogP contribution in [0.2, 0.25) is 0 Å².